The Labute approximate surface area is 165 Å². The molecular formula is C18H17Cl2N5O2. The lowest BCUT2D eigenvalue weighted by Crippen LogP contribution is -2.19. The van der Waals surface area contributed by atoms with Gasteiger partial charge in [0.05, 0.1) is 23.0 Å². The molecule has 1 amide bonds. The molecule has 1 atom stereocenters. The van der Waals surface area contributed by atoms with E-state index in [1.54, 1.807) is 6.20 Å². The minimum atomic E-state index is -0.408. The van der Waals surface area contributed by atoms with E-state index < -0.39 is 5.91 Å². The largest absolute Gasteiger partial charge is 0.356 e. The Kier molecular flexibility index (Phi) is 4.99. The number of benzene rings is 1. The summed E-state index contributed by atoms with van der Waals surface area (Å²) < 4.78 is 7.72. The van der Waals surface area contributed by atoms with Gasteiger partial charge >= 0.3 is 0 Å². The van der Waals surface area contributed by atoms with Crippen molar-refractivity contribution in [2.75, 3.05) is 11.9 Å². The van der Waals surface area contributed by atoms with Gasteiger partial charge < -0.3 is 10.1 Å². The number of rotatable bonds is 3. The lowest BCUT2D eigenvalue weighted by Gasteiger charge is -2.23. The van der Waals surface area contributed by atoms with Gasteiger partial charge in [0.2, 0.25) is 5.28 Å². The molecule has 9 heteroatoms. The maximum Gasteiger partial charge on any atom is 0.260 e. The van der Waals surface area contributed by atoms with Crippen molar-refractivity contribution in [2.45, 2.75) is 32.4 Å². The standard InChI is InChI=1S/C18H17Cl2N5O2/c1-10-5-6-13-11(9-22-25(13)14-4-2-3-7-27-14)15(10)23-17(26)12-8-21-18(20)24-16(12)19/h5-6,8-9,14H,2-4,7H2,1H3,(H,23,26). The van der Waals surface area contributed by atoms with Crippen LogP contribution < -0.4 is 5.32 Å². The SMILES string of the molecule is Cc1ccc2c(cnn2C2CCCCO2)c1NC(=O)c1cnc(Cl)nc1Cl. The lowest BCUT2D eigenvalue weighted by molar-refractivity contribution is -0.0366. The summed E-state index contributed by atoms with van der Waals surface area (Å²) in [6, 6.07) is 3.93. The van der Waals surface area contributed by atoms with E-state index in [0.717, 1.165) is 42.3 Å². The quantitative estimate of drug-likeness (QED) is 0.515. The number of anilines is 1. The molecule has 0 spiro atoms. The van der Waals surface area contributed by atoms with E-state index >= 15 is 0 Å². The van der Waals surface area contributed by atoms with E-state index in [1.807, 2.05) is 23.7 Å². The molecule has 140 valence electrons. The summed E-state index contributed by atoms with van der Waals surface area (Å²) in [5, 5.41) is 8.24. The number of fused-ring (bicyclic) bond motifs is 1. The number of nitrogens with one attached hydrogen (secondary N) is 1. The number of halogens is 2. The Morgan fingerprint density at radius 2 is 2.15 bits per heavy atom. The molecule has 1 saturated heterocycles. The van der Waals surface area contributed by atoms with Crippen LogP contribution in [0.15, 0.2) is 24.5 Å². The maximum absolute atomic E-state index is 12.7. The number of amides is 1. The molecule has 1 aliphatic heterocycles. The summed E-state index contributed by atoms with van der Waals surface area (Å²) >= 11 is 11.7. The summed E-state index contributed by atoms with van der Waals surface area (Å²) in [6.07, 6.45) is 6.07. The number of carbonyl (C=O) groups excluding carboxylic acids is 1. The molecule has 1 fully saturated rings. The van der Waals surface area contributed by atoms with Crippen LogP contribution in [0.4, 0.5) is 5.69 Å². The monoisotopic (exact) mass is 405 g/mol. The molecule has 7 nitrogen and oxygen atoms in total. The van der Waals surface area contributed by atoms with E-state index in [4.69, 9.17) is 27.9 Å². The fourth-order valence-corrected chi connectivity index (χ4v) is 3.61. The molecule has 4 rings (SSSR count). The first kappa shape index (κ1) is 18.2. The number of hydrogen-bond acceptors (Lipinski definition) is 5. The van der Waals surface area contributed by atoms with Crippen LogP contribution in [-0.2, 0) is 4.74 Å². The third-order valence-electron chi connectivity index (χ3n) is 4.61. The molecule has 3 aromatic rings. The molecule has 1 aliphatic rings. The van der Waals surface area contributed by atoms with Crippen molar-refractivity contribution in [3.05, 3.63) is 46.1 Å². The average molecular weight is 406 g/mol. The van der Waals surface area contributed by atoms with Gasteiger partial charge in [0.15, 0.2) is 6.23 Å². The van der Waals surface area contributed by atoms with E-state index in [2.05, 4.69) is 20.4 Å². The minimum Gasteiger partial charge on any atom is -0.356 e. The molecule has 0 bridgehead atoms. The van der Waals surface area contributed by atoms with Crippen LogP contribution in [0.25, 0.3) is 10.9 Å². The fraction of sp³-hybridized carbons (Fsp3) is 0.333. The average Bonchev–Trinajstić information content (AvgIpc) is 3.09. The first-order valence-corrected chi connectivity index (χ1v) is 9.38. The Balaban J connectivity index is 1.70. The second-order valence-electron chi connectivity index (χ2n) is 6.40. The van der Waals surface area contributed by atoms with Crippen LogP contribution in [0.1, 0.15) is 41.4 Å². The molecule has 0 radical (unpaired) electrons. The van der Waals surface area contributed by atoms with Gasteiger partial charge in [-0.2, -0.15) is 5.10 Å². The predicted octanol–water partition coefficient (Wildman–Crippen LogP) is 4.39. The molecule has 1 aromatic carbocycles. The lowest BCUT2D eigenvalue weighted by atomic mass is 10.1. The van der Waals surface area contributed by atoms with E-state index in [-0.39, 0.29) is 22.2 Å². The van der Waals surface area contributed by atoms with Crippen LogP contribution >= 0.6 is 23.2 Å². The number of aromatic nitrogens is 4. The summed E-state index contributed by atoms with van der Waals surface area (Å²) in [6.45, 7) is 2.65. The van der Waals surface area contributed by atoms with Crippen molar-refractivity contribution in [3.63, 3.8) is 0 Å². The van der Waals surface area contributed by atoms with Crippen molar-refractivity contribution in [1.29, 1.82) is 0 Å². The predicted molar refractivity (Wildman–Crippen MR) is 103 cm³/mol. The third-order valence-corrected chi connectivity index (χ3v) is 5.08. The van der Waals surface area contributed by atoms with Crippen LogP contribution in [0.2, 0.25) is 10.4 Å². The summed E-state index contributed by atoms with van der Waals surface area (Å²) in [4.78, 5) is 20.3. The van der Waals surface area contributed by atoms with Crippen molar-refractivity contribution in [3.8, 4) is 0 Å². The number of aryl methyl sites for hydroxylation is 1. The zero-order valence-electron chi connectivity index (χ0n) is 14.6. The van der Waals surface area contributed by atoms with Crippen molar-refractivity contribution in [1.82, 2.24) is 19.7 Å². The van der Waals surface area contributed by atoms with Crippen molar-refractivity contribution >= 4 is 45.7 Å². The molecule has 3 heterocycles. The molecule has 27 heavy (non-hydrogen) atoms. The Morgan fingerprint density at radius 3 is 2.89 bits per heavy atom. The number of ether oxygens (including phenoxy) is 1. The second kappa shape index (κ2) is 7.42. The van der Waals surface area contributed by atoms with E-state index in [9.17, 15) is 4.79 Å². The van der Waals surface area contributed by atoms with Gasteiger partial charge in [0.1, 0.15) is 5.15 Å². The number of hydrogen-bond donors (Lipinski definition) is 1. The highest BCUT2D eigenvalue weighted by molar-refractivity contribution is 6.34. The summed E-state index contributed by atoms with van der Waals surface area (Å²) in [7, 11) is 0. The zero-order valence-corrected chi connectivity index (χ0v) is 16.1. The Bertz CT molecular complexity index is 1010. The van der Waals surface area contributed by atoms with E-state index in [0.29, 0.717) is 5.69 Å². The Hall–Kier alpha value is -2.22. The molecule has 2 aromatic heterocycles. The number of nitrogens with zero attached hydrogens (tertiary/aromatic N) is 4. The molecular weight excluding hydrogens is 389 g/mol. The first-order valence-electron chi connectivity index (χ1n) is 8.62. The third kappa shape index (κ3) is 3.50. The highest BCUT2D eigenvalue weighted by Crippen LogP contribution is 2.32. The molecule has 1 N–H and O–H groups in total. The smallest absolute Gasteiger partial charge is 0.260 e. The van der Waals surface area contributed by atoms with Crippen LogP contribution in [0.5, 0.6) is 0 Å². The van der Waals surface area contributed by atoms with Gasteiger partial charge in [-0.15, -0.1) is 0 Å². The van der Waals surface area contributed by atoms with Gasteiger partial charge in [-0.1, -0.05) is 17.7 Å². The topological polar surface area (TPSA) is 81.9 Å². The van der Waals surface area contributed by atoms with Crippen molar-refractivity contribution in [2.24, 2.45) is 0 Å². The Morgan fingerprint density at radius 1 is 1.30 bits per heavy atom. The van der Waals surface area contributed by atoms with Gasteiger partial charge in [0.25, 0.3) is 5.91 Å². The molecule has 0 saturated carbocycles. The number of carbonyl (C=O) groups is 1. The molecule has 1 unspecified atom stereocenters. The van der Waals surface area contributed by atoms with Crippen LogP contribution in [0.3, 0.4) is 0 Å². The van der Waals surface area contributed by atoms with Crippen LogP contribution in [-0.4, -0.2) is 32.3 Å². The summed E-state index contributed by atoms with van der Waals surface area (Å²) in [5.74, 6) is -0.408. The fourth-order valence-electron chi connectivity index (χ4n) is 3.22. The van der Waals surface area contributed by atoms with Gasteiger partial charge in [-0.05, 0) is 49.4 Å². The normalized spacial score (nSPS) is 17.2. The zero-order chi connectivity index (χ0) is 19.0. The highest BCUT2D eigenvalue weighted by atomic mass is 35.5. The van der Waals surface area contributed by atoms with Gasteiger partial charge in [-0.3, -0.25) is 4.79 Å². The first-order chi connectivity index (χ1) is 13.0. The summed E-state index contributed by atoms with van der Waals surface area (Å²) in [5.41, 5.74) is 2.64. The van der Waals surface area contributed by atoms with Gasteiger partial charge in [0, 0.05) is 18.2 Å². The maximum atomic E-state index is 12.7. The van der Waals surface area contributed by atoms with Crippen molar-refractivity contribution < 1.29 is 9.53 Å². The second-order valence-corrected chi connectivity index (χ2v) is 7.09. The highest BCUT2D eigenvalue weighted by Gasteiger charge is 2.21. The van der Waals surface area contributed by atoms with Crippen LogP contribution in [0, 0.1) is 6.92 Å². The minimum absolute atomic E-state index is 0.00336. The van der Waals surface area contributed by atoms with Gasteiger partial charge in [-0.25, -0.2) is 14.6 Å². The molecule has 0 aliphatic carbocycles. The van der Waals surface area contributed by atoms with E-state index in [1.165, 1.54) is 6.20 Å².